The Bertz CT molecular complexity index is 578. The molecule has 92 valence electrons. The van der Waals surface area contributed by atoms with Crippen LogP contribution in [0, 0.1) is 5.82 Å². The summed E-state index contributed by atoms with van der Waals surface area (Å²) in [7, 11) is 0. The topological polar surface area (TPSA) is 59.8 Å². The van der Waals surface area contributed by atoms with Crippen molar-refractivity contribution in [2.75, 3.05) is 5.32 Å². The summed E-state index contributed by atoms with van der Waals surface area (Å²) in [5, 5.41) is 6.38. The zero-order valence-electron chi connectivity index (χ0n) is 9.67. The van der Waals surface area contributed by atoms with Gasteiger partial charge in [-0.3, -0.25) is 4.79 Å². The summed E-state index contributed by atoms with van der Waals surface area (Å²) in [6.45, 7) is 1.73. The minimum absolute atomic E-state index is 0.275. The van der Waals surface area contributed by atoms with Crippen LogP contribution in [0.2, 0.25) is 0 Å². The van der Waals surface area contributed by atoms with Crippen molar-refractivity contribution >= 4 is 11.6 Å². The lowest BCUT2D eigenvalue weighted by atomic mass is 10.2. The Kier molecular flexibility index (Phi) is 3.47. The summed E-state index contributed by atoms with van der Waals surface area (Å²) >= 11 is 0. The SMILES string of the molecule is CC=CC(=O)Nc1ccc(-n2cncn2)c(F)c1. The fraction of sp³-hybridized carbons (Fsp3) is 0.0833. The average molecular weight is 246 g/mol. The second kappa shape index (κ2) is 5.22. The molecule has 6 heteroatoms. The highest BCUT2D eigenvalue weighted by Gasteiger charge is 2.07. The molecule has 0 saturated carbocycles. The van der Waals surface area contributed by atoms with Crippen LogP contribution >= 0.6 is 0 Å². The molecular weight excluding hydrogens is 235 g/mol. The molecule has 0 saturated heterocycles. The van der Waals surface area contributed by atoms with E-state index < -0.39 is 5.82 Å². The van der Waals surface area contributed by atoms with Gasteiger partial charge in [-0.1, -0.05) is 6.08 Å². The van der Waals surface area contributed by atoms with E-state index in [0.29, 0.717) is 5.69 Å². The van der Waals surface area contributed by atoms with Gasteiger partial charge in [-0.25, -0.2) is 14.1 Å². The van der Waals surface area contributed by atoms with Crippen LogP contribution in [0.15, 0.2) is 43.0 Å². The number of aromatic nitrogens is 3. The summed E-state index contributed by atoms with van der Waals surface area (Å²) in [5.41, 5.74) is 0.663. The molecule has 0 bridgehead atoms. The van der Waals surface area contributed by atoms with Crippen LogP contribution in [-0.2, 0) is 4.79 Å². The van der Waals surface area contributed by atoms with E-state index in [1.165, 1.54) is 35.5 Å². The summed E-state index contributed by atoms with van der Waals surface area (Å²) in [4.78, 5) is 15.0. The first-order valence-corrected chi connectivity index (χ1v) is 5.29. The van der Waals surface area contributed by atoms with Gasteiger partial charge in [-0.2, -0.15) is 5.10 Å². The molecule has 0 aliphatic heterocycles. The number of nitrogens with one attached hydrogen (secondary N) is 1. The molecule has 1 amide bonds. The Morgan fingerprint density at radius 3 is 2.94 bits per heavy atom. The van der Waals surface area contributed by atoms with E-state index in [4.69, 9.17) is 0 Å². The third-order valence-electron chi connectivity index (χ3n) is 2.20. The van der Waals surface area contributed by atoms with E-state index in [9.17, 15) is 9.18 Å². The van der Waals surface area contributed by atoms with Crippen molar-refractivity contribution in [1.29, 1.82) is 0 Å². The normalized spacial score (nSPS) is 10.8. The number of benzene rings is 1. The van der Waals surface area contributed by atoms with E-state index in [2.05, 4.69) is 15.4 Å². The molecular formula is C12H11FN4O. The Morgan fingerprint density at radius 1 is 1.50 bits per heavy atom. The average Bonchev–Trinajstić information content (AvgIpc) is 2.82. The molecule has 5 nitrogen and oxygen atoms in total. The van der Waals surface area contributed by atoms with Crippen LogP contribution in [0.5, 0.6) is 0 Å². The number of hydrogen-bond acceptors (Lipinski definition) is 3. The zero-order chi connectivity index (χ0) is 13.0. The molecule has 2 aromatic rings. The number of halogens is 1. The van der Waals surface area contributed by atoms with Crippen LogP contribution in [0.3, 0.4) is 0 Å². The molecule has 0 fully saturated rings. The molecule has 1 aromatic heterocycles. The summed E-state index contributed by atoms with van der Waals surface area (Å²) < 4.78 is 15.1. The summed E-state index contributed by atoms with van der Waals surface area (Å²) in [5.74, 6) is -0.788. The Morgan fingerprint density at radius 2 is 2.33 bits per heavy atom. The second-order valence-electron chi connectivity index (χ2n) is 3.50. The van der Waals surface area contributed by atoms with Crippen LogP contribution in [0.4, 0.5) is 10.1 Å². The quantitative estimate of drug-likeness (QED) is 0.842. The number of nitrogens with zero attached hydrogens (tertiary/aromatic N) is 3. The van der Waals surface area contributed by atoms with Crippen LogP contribution in [0.25, 0.3) is 5.69 Å². The first kappa shape index (κ1) is 12.0. The molecule has 0 aliphatic rings. The number of amides is 1. The number of carbonyl (C=O) groups is 1. The van der Waals surface area contributed by atoms with Crippen molar-refractivity contribution in [3.05, 3.63) is 48.8 Å². The van der Waals surface area contributed by atoms with Crippen molar-refractivity contribution in [1.82, 2.24) is 14.8 Å². The smallest absolute Gasteiger partial charge is 0.248 e. The maximum Gasteiger partial charge on any atom is 0.248 e. The number of carbonyl (C=O) groups excluding carboxylic acids is 1. The third-order valence-corrected chi connectivity index (χ3v) is 2.20. The standard InChI is InChI=1S/C12H11FN4O/c1-2-3-12(18)16-9-4-5-11(10(13)6-9)17-8-14-7-15-17/h2-8H,1H3,(H,16,18). The van der Waals surface area contributed by atoms with Crippen LogP contribution in [0.1, 0.15) is 6.92 Å². The van der Waals surface area contributed by atoms with Gasteiger partial charge in [0.1, 0.15) is 18.3 Å². The molecule has 0 unspecified atom stereocenters. The Balaban J connectivity index is 2.23. The number of rotatable bonds is 3. The minimum atomic E-state index is -0.487. The Hall–Kier alpha value is -2.50. The fourth-order valence-electron chi connectivity index (χ4n) is 1.44. The highest BCUT2D eigenvalue weighted by Crippen LogP contribution is 2.17. The second-order valence-corrected chi connectivity index (χ2v) is 3.50. The van der Waals surface area contributed by atoms with Gasteiger partial charge in [0.2, 0.25) is 5.91 Å². The van der Waals surface area contributed by atoms with E-state index in [1.54, 1.807) is 19.1 Å². The highest BCUT2D eigenvalue weighted by molar-refractivity contribution is 5.99. The summed E-state index contributed by atoms with van der Waals surface area (Å²) in [6, 6.07) is 4.36. The van der Waals surface area contributed by atoms with Crippen LogP contribution in [-0.4, -0.2) is 20.7 Å². The molecule has 1 heterocycles. The van der Waals surface area contributed by atoms with Gasteiger partial charge in [0.25, 0.3) is 0 Å². The van der Waals surface area contributed by atoms with E-state index in [1.807, 2.05) is 0 Å². The van der Waals surface area contributed by atoms with Crippen molar-refractivity contribution in [2.24, 2.45) is 0 Å². The lowest BCUT2D eigenvalue weighted by Crippen LogP contribution is -2.08. The lowest BCUT2D eigenvalue weighted by molar-refractivity contribution is -0.111. The molecule has 1 aromatic carbocycles. The molecule has 0 aliphatic carbocycles. The van der Waals surface area contributed by atoms with Gasteiger partial charge >= 0.3 is 0 Å². The molecule has 0 radical (unpaired) electrons. The molecule has 18 heavy (non-hydrogen) atoms. The van der Waals surface area contributed by atoms with Gasteiger partial charge < -0.3 is 5.32 Å². The van der Waals surface area contributed by atoms with Crippen molar-refractivity contribution < 1.29 is 9.18 Å². The Labute approximate surface area is 103 Å². The summed E-state index contributed by atoms with van der Waals surface area (Å²) in [6.07, 6.45) is 5.69. The fourth-order valence-corrected chi connectivity index (χ4v) is 1.44. The van der Waals surface area contributed by atoms with Gasteiger partial charge in [0.15, 0.2) is 5.82 Å². The van der Waals surface area contributed by atoms with Gasteiger partial charge in [-0.05, 0) is 31.2 Å². The lowest BCUT2D eigenvalue weighted by Gasteiger charge is -2.06. The van der Waals surface area contributed by atoms with Crippen molar-refractivity contribution in [2.45, 2.75) is 6.92 Å². The first-order valence-electron chi connectivity index (χ1n) is 5.29. The van der Waals surface area contributed by atoms with Gasteiger partial charge in [0.05, 0.1) is 0 Å². The molecule has 0 spiro atoms. The number of allylic oxidation sites excluding steroid dienone is 1. The number of anilines is 1. The van der Waals surface area contributed by atoms with Crippen molar-refractivity contribution in [3.63, 3.8) is 0 Å². The van der Waals surface area contributed by atoms with Crippen molar-refractivity contribution in [3.8, 4) is 5.69 Å². The molecule has 1 N–H and O–H groups in total. The predicted molar refractivity (Wildman–Crippen MR) is 64.8 cm³/mol. The molecule has 2 rings (SSSR count). The largest absolute Gasteiger partial charge is 0.322 e. The predicted octanol–water partition coefficient (Wildman–Crippen LogP) is 1.92. The zero-order valence-corrected chi connectivity index (χ0v) is 9.67. The third kappa shape index (κ3) is 2.60. The maximum absolute atomic E-state index is 13.8. The van der Waals surface area contributed by atoms with E-state index in [-0.39, 0.29) is 11.6 Å². The minimum Gasteiger partial charge on any atom is -0.322 e. The van der Waals surface area contributed by atoms with Crippen LogP contribution < -0.4 is 5.32 Å². The first-order chi connectivity index (χ1) is 8.70. The monoisotopic (exact) mass is 246 g/mol. The molecule has 0 atom stereocenters. The van der Waals surface area contributed by atoms with E-state index >= 15 is 0 Å². The number of hydrogen-bond donors (Lipinski definition) is 1. The highest BCUT2D eigenvalue weighted by atomic mass is 19.1. The van der Waals surface area contributed by atoms with Gasteiger partial charge in [-0.15, -0.1) is 0 Å². The van der Waals surface area contributed by atoms with Gasteiger partial charge in [0, 0.05) is 5.69 Å². The van der Waals surface area contributed by atoms with E-state index in [0.717, 1.165) is 0 Å². The maximum atomic E-state index is 13.8.